The van der Waals surface area contributed by atoms with Crippen molar-refractivity contribution in [3.63, 3.8) is 0 Å². The summed E-state index contributed by atoms with van der Waals surface area (Å²) in [6.07, 6.45) is 4.25. The summed E-state index contributed by atoms with van der Waals surface area (Å²) >= 11 is 0. The van der Waals surface area contributed by atoms with Crippen LogP contribution in [0.15, 0.2) is 0 Å². The first-order valence-electron chi connectivity index (χ1n) is 7.42. The molecule has 0 saturated carbocycles. The monoisotopic (exact) mass is 272 g/mol. The smallest absolute Gasteiger partial charge is 0.311 e. The van der Waals surface area contributed by atoms with Crippen LogP contribution in [0.3, 0.4) is 0 Å². The van der Waals surface area contributed by atoms with Gasteiger partial charge in [-0.3, -0.25) is 4.79 Å². The van der Waals surface area contributed by atoms with Gasteiger partial charge in [-0.1, -0.05) is 0 Å². The number of esters is 1. The zero-order chi connectivity index (χ0) is 13.7. The molecule has 0 unspecified atom stereocenters. The number of likely N-dealkylation sites (tertiary alicyclic amines) is 1. The highest BCUT2D eigenvalue weighted by Crippen LogP contribution is 2.26. The predicted molar refractivity (Wildman–Crippen MR) is 69.9 cm³/mol. The molecule has 0 aromatic heterocycles. The molecule has 0 spiro atoms. The van der Waals surface area contributed by atoms with Crippen molar-refractivity contribution in [3.05, 3.63) is 0 Å². The zero-order valence-corrected chi connectivity index (χ0v) is 12.1. The molecule has 0 aromatic rings. The Hall–Kier alpha value is -0.650. The molecular weight excluding hydrogens is 246 g/mol. The first-order valence-corrected chi connectivity index (χ1v) is 7.42. The molecule has 5 heteroatoms. The van der Waals surface area contributed by atoms with Gasteiger partial charge >= 0.3 is 5.97 Å². The fourth-order valence-electron chi connectivity index (χ4n) is 2.94. The molecule has 0 aromatic carbocycles. The topological polar surface area (TPSA) is 49.2 Å². The summed E-state index contributed by atoms with van der Waals surface area (Å²) in [6.45, 7) is 8.06. The van der Waals surface area contributed by atoms with Crippen molar-refractivity contribution in [2.24, 2.45) is 0 Å². The van der Waals surface area contributed by atoms with E-state index in [1.807, 2.05) is 6.92 Å². The molecule has 19 heavy (non-hydrogen) atoms. The van der Waals surface area contributed by atoms with Crippen LogP contribution < -0.4 is 4.90 Å². The van der Waals surface area contributed by atoms with Crippen LogP contribution in [-0.2, 0) is 19.0 Å². The summed E-state index contributed by atoms with van der Waals surface area (Å²) < 4.78 is 16.6. The Morgan fingerprint density at radius 3 is 2.79 bits per heavy atom. The average molecular weight is 272 g/mol. The molecule has 0 radical (unpaired) electrons. The molecule has 1 N–H and O–H groups in total. The fraction of sp³-hybridized carbons (Fsp3) is 0.929. The van der Waals surface area contributed by atoms with Gasteiger partial charge < -0.3 is 19.1 Å². The van der Waals surface area contributed by atoms with Crippen molar-refractivity contribution in [1.29, 1.82) is 0 Å². The third kappa shape index (κ3) is 4.44. The summed E-state index contributed by atoms with van der Waals surface area (Å²) in [5.41, 5.74) is 0. The highest BCUT2D eigenvalue weighted by molar-refractivity contribution is 5.70. The number of ether oxygens (including phenoxy) is 3. The SMILES string of the molecule is CCOC(=O)C[C@@]1(C)OC[C@H](C[NH+]2CCCCC2)O1. The van der Waals surface area contributed by atoms with Crippen LogP contribution in [0.2, 0.25) is 0 Å². The minimum absolute atomic E-state index is 0.104. The summed E-state index contributed by atoms with van der Waals surface area (Å²) in [6, 6.07) is 0. The largest absolute Gasteiger partial charge is 0.466 e. The second kappa shape index (κ2) is 6.68. The zero-order valence-electron chi connectivity index (χ0n) is 12.1. The minimum atomic E-state index is -0.799. The normalized spacial score (nSPS) is 32.4. The maximum Gasteiger partial charge on any atom is 0.311 e. The lowest BCUT2D eigenvalue weighted by Crippen LogP contribution is -3.13. The quantitative estimate of drug-likeness (QED) is 0.723. The van der Waals surface area contributed by atoms with E-state index >= 15 is 0 Å². The van der Waals surface area contributed by atoms with Crippen molar-refractivity contribution in [2.75, 3.05) is 32.8 Å². The van der Waals surface area contributed by atoms with Gasteiger partial charge in [0.25, 0.3) is 0 Å². The van der Waals surface area contributed by atoms with Gasteiger partial charge in [0, 0.05) is 0 Å². The summed E-state index contributed by atoms with van der Waals surface area (Å²) in [5, 5.41) is 0. The number of hydrogen-bond acceptors (Lipinski definition) is 4. The van der Waals surface area contributed by atoms with Crippen LogP contribution in [-0.4, -0.2) is 50.7 Å². The predicted octanol–water partition coefficient (Wildman–Crippen LogP) is 0.140. The number of hydrogen-bond donors (Lipinski definition) is 1. The standard InChI is InChI=1S/C14H25NO4/c1-3-17-13(16)9-14(2)18-11-12(19-14)10-15-7-5-4-6-8-15/h12H,3-11H2,1-2H3/p+1/t12-,14-/m0/s1. The van der Waals surface area contributed by atoms with Gasteiger partial charge in [0.15, 0.2) is 5.79 Å². The molecule has 0 bridgehead atoms. The Morgan fingerprint density at radius 2 is 2.11 bits per heavy atom. The van der Waals surface area contributed by atoms with Gasteiger partial charge in [-0.2, -0.15) is 0 Å². The molecule has 2 heterocycles. The highest BCUT2D eigenvalue weighted by Gasteiger charge is 2.41. The van der Waals surface area contributed by atoms with Crippen molar-refractivity contribution >= 4 is 5.97 Å². The second-order valence-electron chi connectivity index (χ2n) is 5.68. The van der Waals surface area contributed by atoms with Crippen molar-refractivity contribution in [3.8, 4) is 0 Å². The third-order valence-corrected chi connectivity index (χ3v) is 3.84. The Balaban J connectivity index is 1.76. The van der Waals surface area contributed by atoms with E-state index in [4.69, 9.17) is 14.2 Å². The second-order valence-corrected chi connectivity index (χ2v) is 5.68. The lowest BCUT2D eigenvalue weighted by atomic mass is 10.1. The van der Waals surface area contributed by atoms with Crippen LogP contribution in [0.1, 0.15) is 39.5 Å². The van der Waals surface area contributed by atoms with Gasteiger partial charge in [0.2, 0.25) is 0 Å². The molecule has 110 valence electrons. The minimum Gasteiger partial charge on any atom is -0.466 e. The summed E-state index contributed by atoms with van der Waals surface area (Å²) in [5.74, 6) is -1.05. The van der Waals surface area contributed by atoms with Crippen LogP contribution in [0.4, 0.5) is 0 Å². The number of carbonyl (C=O) groups excluding carboxylic acids is 1. The Kier molecular flexibility index (Phi) is 5.19. The molecular formula is C14H26NO4+. The molecule has 2 atom stereocenters. The van der Waals surface area contributed by atoms with E-state index in [0.717, 1.165) is 6.54 Å². The summed E-state index contributed by atoms with van der Waals surface area (Å²) in [4.78, 5) is 13.1. The first kappa shape index (κ1) is 14.8. The lowest BCUT2D eigenvalue weighted by molar-refractivity contribution is -0.907. The van der Waals surface area contributed by atoms with Crippen LogP contribution in [0.5, 0.6) is 0 Å². The van der Waals surface area contributed by atoms with Crippen molar-refractivity contribution < 1.29 is 23.9 Å². The molecule has 2 fully saturated rings. The van der Waals surface area contributed by atoms with E-state index in [1.165, 1.54) is 32.4 Å². The van der Waals surface area contributed by atoms with E-state index in [1.54, 1.807) is 11.8 Å². The van der Waals surface area contributed by atoms with Gasteiger partial charge in [-0.15, -0.1) is 0 Å². The number of piperidine rings is 1. The van der Waals surface area contributed by atoms with E-state index in [0.29, 0.717) is 13.2 Å². The summed E-state index contributed by atoms with van der Waals surface area (Å²) in [7, 11) is 0. The number of carbonyl (C=O) groups is 1. The molecule has 0 amide bonds. The van der Waals surface area contributed by atoms with Gasteiger partial charge in [0.05, 0.1) is 32.7 Å². The molecule has 2 rings (SSSR count). The third-order valence-electron chi connectivity index (χ3n) is 3.84. The lowest BCUT2D eigenvalue weighted by Gasteiger charge is -2.26. The number of nitrogens with one attached hydrogen (secondary N) is 1. The van der Waals surface area contributed by atoms with E-state index < -0.39 is 5.79 Å². The molecule has 2 aliphatic rings. The first-order chi connectivity index (χ1) is 9.11. The van der Waals surface area contributed by atoms with Crippen LogP contribution >= 0.6 is 0 Å². The van der Waals surface area contributed by atoms with Crippen molar-refractivity contribution in [1.82, 2.24) is 0 Å². The Bertz CT molecular complexity index is 304. The maximum absolute atomic E-state index is 11.5. The number of quaternary nitrogens is 1. The Morgan fingerprint density at radius 1 is 1.37 bits per heavy atom. The fourth-order valence-corrected chi connectivity index (χ4v) is 2.94. The highest BCUT2D eigenvalue weighted by atomic mass is 16.7. The van der Waals surface area contributed by atoms with E-state index in [2.05, 4.69) is 0 Å². The van der Waals surface area contributed by atoms with E-state index in [9.17, 15) is 4.79 Å². The molecule has 0 aliphatic carbocycles. The van der Waals surface area contributed by atoms with Gasteiger partial charge in [-0.05, 0) is 33.1 Å². The molecule has 5 nitrogen and oxygen atoms in total. The van der Waals surface area contributed by atoms with Crippen LogP contribution in [0.25, 0.3) is 0 Å². The Labute approximate surface area is 115 Å². The number of rotatable bonds is 5. The molecule has 2 saturated heterocycles. The average Bonchev–Trinajstić information content (AvgIpc) is 2.72. The maximum atomic E-state index is 11.5. The van der Waals surface area contributed by atoms with Crippen molar-refractivity contribution in [2.45, 2.75) is 51.4 Å². The van der Waals surface area contributed by atoms with Gasteiger partial charge in [0.1, 0.15) is 12.6 Å². The van der Waals surface area contributed by atoms with Crippen LogP contribution in [0, 0.1) is 0 Å². The molecule has 2 aliphatic heterocycles. The van der Waals surface area contributed by atoms with E-state index in [-0.39, 0.29) is 18.5 Å². The van der Waals surface area contributed by atoms with Gasteiger partial charge in [-0.25, -0.2) is 0 Å².